The van der Waals surface area contributed by atoms with Gasteiger partial charge < -0.3 is 16.0 Å². The largest absolute Gasteiger partial charge is 0.352 e. The Labute approximate surface area is 172 Å². The van der Waals surface area contributed by atoms with Gasteiger partial charge in [0.25, 0.3) is 0 Å². The minimum Gasteiger partial charge on any atom is -0.352 e. The number of carbonyl (C=O) groups is 3. The first kappa shape index (κ1) is 21.4. The topological polar surface area (TPSA) is 87.3 Å². The molecule has 3 amide bonds. The molecule has 0 fully saturated rings. The summed E-state index contributed by atoms with van der Waals surface area (Å²) in [6.45, 7) is 3.60. The number of carbonyl (C=O) groups excluding carboxylic acids is 3. The average Bonchev–Trinajstić information content (AvgIpc) is 2.64. The molecule has 146 valence electrons. The zero-order valence-electron chi connectivity index (χ0n) is 15.7. The molecule has 0 saturated carbocycles. The third-order valence-electron chi connectivity index (χ3n) is 3.78. The molecule has 2 aromatic rings. The summed E-state index contributed by atoms with van der Waals surface area (Å²) in [6, 6.07) is 12.8. The van der Waals surface area contributed by atoms with E-state index in [1.807, 2.05) is 25.1 Å². The number of hydrogen-bond donors (Lipinski definition) is 3. The van der Waals surface area contributed by atoms with Gasteiger partial charge in [-0.1, -0.05) is 34.1 Å². The zero-order chi connectivity index (χ0) is 20.5. The quantitative estimate of drug-likeness (QED) is 0.567. The van der Waals surface area contributed by atoms with Crippen LogP contribution < -0.4 is 16.0 Å². The Hall–Kier alpha value is -2.93. The summed E-state index contributed by atoms with van der Waals surface area (Å²) in [6.07, 6.45) is 3.25. The van der Waals surface area contributed by atoms with Gasteiger partial charge in [-0.05, 0) is 48.4 Å². The first-order valence-corrected chi connectivity index (χ1v) is 9.52. The smallest absolute Gasteiger partial charge is 0.244 e. The van der Waals surface area contributed by atoms with E-state index in [-0.39, 0.29) is 30.7 Å². The van der Waals surface area contributed by atoms with Crippen molar-refractivity contribution in [3.63, 3.8) is 0 Å². The van der Waals surface area contributed by atoms with E-state index in [2.05, 4.69) is 31.9 Å². The maximum absolute atomic E-state index is 12.0. The monoisotopic (exact) mass is 443 g/mol. The summed E-state index contributed by atoms with van der Waals surface area (Å²) in [4.78, 5) is 34.9. The van der Waals surface area contributed by atoms with Crippen LogP contribution in [-0.4, -0.2) is 24.3 Å². The second-order valence-electron chi connectivity index (χ2n) is 6.18. The second kappa shape index (κ2) is 10.4. The highest BCUT2D eigenvalue weighted by molar-refractivity contribution is 9.10. The van der Waals surface area contributed by atoms with Crippen LogP contribution in [0.4, 0.5) is 11.4 Å². The Morgan fingerprint density at radius 3 is 2.43 bits per heavy atom. The van der Waals surface area contributed by atoms with Gasteiger partial charge in [-0.2, -0.15) is 0 Å². The van der Waals surface area contributed by atoms with Crippen LogP contribution in [0.3, 0.4) is 0 Å². The van der Waals surface area contributed by atoms with E-state index in [9.17, 15) is 14.4 Å². The van der Waals surface area contributed by atoms with Gasteiger partial charge in [0.1, 0.15) is 0 Å². The van der Waals surface area contributed by atoms with Gasteiger partial charge in [0.15, 0.2) is 0 Å². The number of rotatable bonds is 7. The van der Waals surface area contributed by atoms with Crippen LogP contribution in [-0.2, 0) is 14.4 Å². The molecule has 0 unspecified atom stereocenters. The number of aryl methyl sites for hydroxylation is 1. The number of nitrogens with one attached hydrogen (secondary N) is 3. The molecule has 2 aromatic carbocycles. The average molecular weight is 444 g/mol. The lowest BCUT2D eigenvalue weighted by molar-refractivity contribution is -0.117. The third-order valence-corrected chi connectivity index (χ3v) is 4.28. The Morgan fingerprint density at radius 1 is 1.04 bits per heavy atom. The number of hydrogen-bond acceptors (Lipinski definition) is 3. The molecule has 28 heavy (non-hydrogen) atoms. The van der Waals surface area contributed by atoms with Gasteiger partial charge >= 0.3 is 0 Å². The fraction of sp³-hybridized carbons (Fsp3) is 0.190. The normalized spacial score (nSPS) is 10.5. The molecule has 0 aliphatic rings. The van der Waals surface area contributed by atoms with Gasteiger partial charge in [-0.15, -0.1) is 0 Å². The Morgan fingerprint density at radius 2 is 1.75 bits per heavy atom. The van der Waals surface area contributed by atoms with Crippen molar-refractivity contribution in [2.75, 3.05) is 17.2 Å². The van der Waals surface area contributed by atoms with Crippen molar-refractivity contribution in [1.29, 1.82) is 0 Å². The first-order chi connectivity index (χ1) is 13.3. The molecule has 0 aliphatic carbocycles. The van der Waals surface area contributed by atoms with E-state index in [4.69, 9.17) is 0 Å². The summed E-state index contributed by atoms with van der Waals surface area (Å²) in [5.41, 5.74) is 3.23. The highest BCUT2D eigenvalue weighted by Crippen LogP contribution is 2.20. The van der Waals surface area contributed by atoms with E-state index in [0.29, 0.717) is 5.69 Å². The van der Waals surface area contributed by atoms with Crippen molar-refractivity contribution in [3.8, 4) is 0 Å². The van der Waals surface area contributed by atoms with Crippen LogP contribution in [0.1, 0.15) is 24.5 Å². The molecule has 0 bridgehead atoms. The van der Waals surface area contributed by atoms with E-state index < -0.39 is 0 Å². The second-order valence-corrected chi connectivity index (χ2v) is 7.10. The third kappa shape index (κ3) is 7.36. The van der Waals surface area contributed by atoms with Crippen molar-refractivity contribution in [2.45, 2.75) is 20.3 Å². The standard InChI is InChI=1S/C21H22BrN3O3/c1-14-3-7-17(22)13-19(14)25-21(28)11-12-23-20(27)10-6-16-4-8-18(9-5-16)24-15(2)26/h3-10,13H,11-12H2,1-2H3,(H,23,27)(H,24,26)(H,25,28)/b10-6+. The van der Waals surface area contributed by atoms with E-state index in [0.717, 1.165) is 21.3 Å². The minimum atomic E-state index is -0.280. The molecule has 6 nitrogen and oxygen atoms in total. The molecule has 0 atom stereocenters. The number of amides is 3. The molecule has 0 aliphatic heterocycles. The van der Waals surface area contributed by atoms with Crippen LogP contribution in [0, 0.1) is 6.92 Å². The van der Waals surface area contributed by atoms with Crippen molar-refractivity contribution in [1.82, 2.24) is 5.32 Å². The number of anilines is 2. The van der Waals surface area contributed by atoms with Gasteiger partial charge in [0.2, 0.25) is 17.7 Å². The molecule has 0 radical (unpaired) electrons. The molecular weight excluding hydrogens is 422 g/mol. The maximum atomic E-state index is 12.0. The lowest BCUT2D eigenvalue weighted by atomic mass is 10.2. The summed E-state index contributed by atoms with van der Waals surface area (Å²) in [5, 5.41) is 8.19. The SMILES string of the molecule is CC(=O)Nc1ccc(/C=C/C(=O)NCCC(=O)Nc2cc(Br)ccc2C)cc1. The van der Waals surface area contributed by atoms with E-state index >= 15 is 0 Å². The van der Waals surface area contributed by atoms with Crippen molar-refractivity contribution < 1.29 is 14.4 Å². The fourth-order valence-electron chi connectivity index (χ4n) is 2.35. The van der Waals surface area contributed by atoms with Crippen LogP contribution in [0.25, 0.3) is 6.08 Å². The number of benzene rings is 2. The van der Waals surface area contributed by atoms with Crippen molar-refractivity contribution >= 4 is 51.1 Å². The van der Waals surface area contributed by atoms with Gasteiger partial charge in [-0.25, -0.2) is 0 Å². The Kier molecular flexibility index (Phi) is 7.95. The Balaban J connectivity index is 1.76. The van der Waals surface area contributed by atoms with Crippen molar-refractivity contribution in [2.24, 2.45) is 0 Å². The summed E-state index contributed by atoms with van der Waals surface area (Å²) >= 11 is 3.37. The molecule has 2 rings (SSSR count). The molecule has 3 N–H and O–H groups in total. The minimum absolute atomic E-state index is 0.137. The molecule has 0 spiro atoms. The lowest BCUT2D eigenvalue weighted by Gasteiger charge is -2.09. The maximum Gasteiger partial charge on any atom is 0.244 e. The fourth-order valence-corrected chi connectivity index (χ4v) is 2.71. The molecule has 7 heteroatoms. The Bertz CT molecular complexity index is 892. The number of halogens is 1. The van der Waals surface area contributed by atoms with Crippen LogP contribution in [0.5, 0.6) is 0 Å². The molecule has 0 aromatic heterocycles. The zero-order valence-corrected chi connectivity index (χ0v) is 17.3. The van der Waals surface area contributed by atoms with Crippen LogP contribution in [0.2, 0.25) is 0 Å². The lowest BCUT2D eigenvalue weighted by Crippen LogP contribution is -2.26. The summed E-state index contributed by atoms with van der Waals surface area (Å²) in [7, 11) is 0. The van der Waals surface area contributed by atoms with Gasteiger partial charge in [0.05, 0.1) is 0 Å². The van der Waals surface area contributed by atoms with Gasteiger partial charge in [0, 0.05) is 41.8 Å². The van der Waals surface area contributed by atoms with E-state index in [1.54, 1.807) is 30.3 Å². The van der Waals surface area contributed by atoms with Gasteiger partial charge in [-0.3, -0.25) is 14.4 Å². The summed E-state index contributed by atoms with van der Waals surface area (Å²) < 4.78 is 0.886. The van der Waals surface area contributed by atoms with Crippen LogP contribution >= 0.6 is 15.9 Å². The van der Waals surface area contributed by atoms with Crippen molar-refractivity contribution in [3.05, 3.63) is 64.1 Å². The predicted molar refractivity (Wildman–Crippen MR) is 115 cm³/mol. The first-order valence-electron chi connectivity index (χ1n) is 8.73. The molecular formula is C21H22BrN3O3. The molecule has 0 saturated heterocycles. The summed E-state index contributed by atoms with van der Waals surface area (Å²) in [5.74, 6) is -0.585. The van der Waals surface area contributed by atoms with Crippen LogP contribution in [0.15, 0.2) is 53.0 Å². The highest BCUT2D eigenvalue weighted by Gasteiger charge is 2.06. The molecule has 0 heterocycles. The highest BCUT2D eigenvalue weighted by atomic mass is 79.9. The van der Waals surface area contributed by atoms with E-state index in [1.165, 1.54) is 13.0 Å². The predicted octanol–water partition coefficient (Wildman–Crippen LogP) is 3.87.